The third kappa shape index (κ3) is 3.23. The van der Waals surface area contributed by atoms with Crippen molar-refractivity contribution in [1.29, 1.82) is 0 Å². The van der Waals surface area contributed by atoms with Crippen molar-refractivity contribution in [1.82, 2.24) is 16.0 Å². The Balaban J connectivity index is 2.59. The molecule has 1 rings (SSSR count). The fourth-order valence-corrected chi connectivity index (χ4v) is 1.92. The van der Waals surface area contributed by atoms with Gasteiger partial charge in [-0.1, -0.05) is 13.8 Å². The molecule has 5 nitrogen and oxygen atoms in total. The van der Waals surface area contributed by atoms with Crippen LogP contribution in [0.3, 0.4) is 0 Å². The minimum absolute atomic E-state index is 0.0297. The molecule has 0 unspecified atom stereocenters. The first kappa shape index (κ1) is 14.1. The van der Waals surface area contributed by atoms with Crippen LogP contribution in [0.15, 0.2) is 0 Å². The molecule has 0 aromatic heterocycles. The van der Waals surface area contributed by atoms with Crippen molar-refractivity contribution in [3.05, 3.63) is 0 Å². The first-order valence-electron chi connectivity index (χ1n) is 5.83. The van der Waals surface area contributed by atoms with Crippen LogP contribution in [0.25, 0.3) is 0 Å². The Bertz CT molecular complexity index is 301. The molecule has 0 radical (unpaired) electrons. The van der Waals surface area contributed by atoms with Gasteiger partial charge in [-0.05, 0) is 19.5 Å². The zero-order chi connectivity index (χ0) is 13.1. The smallest absolute Gasteiger partial charge is 0.265 e. The van der Waals surface area contributed by atoms with Gasteiger partial charge in [-0.15, -0.1) is 0 Å². The highest BCUT2D eigenvalue weighted by Gasteiger charge is 2.42. The summed E-state index contributed by atoms with van der Waals surface area (Å²) in [6.07, 6.45) is 0.109. The summed E-state index contributed by atoms with van der Waals surface area (Å²) in [6.45, 7) is 4.14. The van der Waals surface area contributed by atoms with Gasteiger partial charge in [-0.25, -0.2) is 4.39 Å². The zero-order valence-electron chi connectivity index (χ0n) is 10.5. The summed E-state index contributed by atoms with van der Waals surface area (Å²) in [4.78, 5) is 23.4. The molecule has 0 spiro atoms. The van der Waals surface area contributed by atoms with E-state index in [0.29, 0.717) is 6.54 Å². The van der Waals surface area contributed by atoms with Gasteiger partial charge in [0.25, 0.3) is 5.91 Å². The summed E-state index contributed by atoms with van der Waals surface area (Å²) in [5, 5.41) is 7.72. The largest absolute Gasteiger partial charge is 0.313 e. The van der Waals surface area contributed by atoms with Crippen molar-refractivity contribution >= 4 is 11.8 Å². The fourth-order valence-electron chi connectivity index (χ4n) is 1.92. The molecule has 6 heteroatoms. The molecular formula is C11H20FN3O2. The summed E-state index contributed by atoms with van der Waals surface area (Å²) in [6, 6.07) is -0.489. The number of hydrogen-bond acceptors (Lipinski definition) is 4. The fraction of sp³-hybridized carbons (Fsp3) is 0.818. The number of alkyl halides is 1. The normalized spacial score (nSPS) is 25.9. The van der Waals surface area contributed by atoms with E-state index in [9.17, 15) is 14.0 Å². The second kappa shape index (κ2) is 5.55. The van der Waals surface area contributed by atoms with Crippen LogP contribution in [0.1, 0.15) is 20.3 Å². The lowest BCUT2D eigenvalue weighted by molar-refractivity contribution is -0.138. The van der Waals surface area contributed by atoms with Gasteiger partial charge in [0.05, 0.1) is 6.04 Å². The van der Waals surface area contributed by atoms with E-state index in [1.54, 1.807) is 7.05 Å². The molecule has 2 amide bonds. The first-order valence-corrected chi connectivity index (χ1v) is 5.83. The lowest BCUT2D eigenvalue weighted by atomic mass is 10.0. The molecule has 1 fully saturated rings. The Morgan fingerprint density at radius 3 is 2.47 bits per heavy atom. The van der Waals surface area contributed by atoms with E-state index in [1.807, 2.05) is 13.8 Å². The number of halogens is 1. The van der Waals surface area contributed by atoms with Crippen LogP contribution in [-0.4, -0.2) is 43.7 Å². The van der Waals surface area contributed by atoms with E-state index in [4.69, 9.17) is 0 Å². The predicted molar refractivity (Wildman–Crippen MR) is 62.2 cm³/mol. The monoisotopic (exact) mass is 245 g/mol. The van der Waals surface area contributed by atoms with Crippen LogP contribution in [0, 0.1) is 5.92 Å². The molecule has 0 aliphatic carbocycles. The standard InChI is InChI=1S/C11H20FN3O2/c1-7(2)8(13-3)9(16)15-10(17)11(12)4-5-14-6-11/h7-8,13-14H,4-6H2,1-3H3,(H,15,16,17)/t8-,11-/m0/s1. The number of nitrogens with one attached hydrogen (secondary N) is 3. The average molecular weight is 245 g/mol. The molecule has 1 saturated heterocycles. The van der Waals surface area contributed by atoms with Gasteiger partial charge in [0.2, 0.25) is 11.6 Å². The number of carbonyl (C=O) groups is 2. The first-order chi connectivity index (χ1) is 7.90. The molecule has 17 heavy (non-hydrogen) atoms. The number of likely N-dealkylation sites (N-methyl/N-ethyl adjacent to an activating group) is 1. The van der Waals surface area contributed by atoms with Crippen molar-refractivity contribution in [3.8, 4) is 0 Å². The van der Waals surface area contributed by atoms with Gasteiger partial charge < -0.3 is 10.6 Å². The average Bonchev–Trinajstić information content (AvgIpc) is 2.66. The highest BCUT2D eigenvalue weighted by Crippen LogP contribution is 2.19. The molecule has 0 saturated carbocycles. The summed E-state index contributed by atoms with van der Waals surface area (Å²) < 4.78 is 14.0. The summed E-state index contributed by atoms with van der Waals surface area (Å²) in [7, 11) is 1.64. The molecule has 2 atom stereocenters. The van der Waals surface area contributed by atoms with Gasteiger partial charge in [0.1, 0.15) is 0 Å². The van der Waals surface area contributed by atoms with Crippen molar-refractivity contribution in [2.75, 3.05) is 20.1 Å². The van der Waals surface area contributed by atoms with Crippen LogP contribution >= 0.6 is 0 Å². The second-order valence-electron chi connectivity index (χ2n) is 4.72. The van der Waals surface area contributed by atoms with E-state index in [2.05, 4.69) is 16.0 Å². The Hall–Kier alpha value is -1.01. The van der Waals surface area contributed by atoms with Crippen molar-refractivity contribution in [3.63, 3.8) is 0 Å². The second-order valence-corrected chi connectivity index (χ2v) is 4.72. The third-order valence-electron chi connectivity index (χ3n) is 3.01. The Morgan fingerprint density at radius 2 is 2.06 bits per heavy atom. The molecule has 98 valence electrons. The molecule has 0 aromatic carbocycles. The zero-order valence-corrected chi connectivity index (χ0v) is 10.5. The van der Waals surface area contributed by atoms with Crippen LogP contribution < -0.4 is 16.0 Å². The summed E-state index contributed by atoms with van der Waals surface area (Å²) in [5.74, 6) is -1.28. The lowest BCUT2D eigenvalue weighted by Crippen LogP contribution is -2.53. The molecule has 1 heterocycles. The van der Waals surface area contributed by atoms with Crippen molar-refractivity contribution in [2.24, 2.45) is 5.92 Å². The minimum atomic E-state index is -1.95. The highest BCUT2D eigenvalue weighted by molar-refractivity contribution is 6.01. The van der Waals surface area contributed by atoms with E-state index >= 15 is 0 Å². The number of carbonyl (C=O) groups excluding carboxylic acids is 2. The van der Waals surface area contributed by atoms with E-state index in [-0.39, 0.29) is 18.9 Å². The van der Waals surface area contributed by atoms with Gasteiger partial charge in [0.15, 0.2) is 0 Å². The van der Waals surface area contributed by atoms with Crippen molar-refractivity contribution < 1.29 is 14.0 Å². The SMILES string of the molecule is CN[C@H](C(=O)NC(=O)[C@]1(F)CCNC1)C(C)C. The predicted octanol–water partition coefficient (Wildman–Crippen LogP) is -0.425. The number of imide groups is 1. The van der Waals surface area contributed by atoms with Gasteiger partial charge in [0, 0.05) is 13.0 Å². The molecule has 3 N–H and O–H groups in total. The molecule has 1 aliphatic heterocycles. The molecule has 0 aromatic rings. The van der Waals surface area contributed by atoms with E-state index < -0.39 is 23.5 Å². The van der Waals surface area contributed by atoms with Crippen molar-refractivity contribution in [2.45, 2.75) is 32.0 Å². The molecular weight excluding hydrogens is 225 g/mol. The minimum Gasteiger partial charge on any atom is -0.313 e. The Labute approximate surface area is 101 Å². The van der Waals surface area contributed by atoms with Crippen LogP contribution in [-0.2, 0) is 9.59 Å². The van der Waals surface area contributed by atoms with Crippen LogP contribution in [0.2, 0.25) is 0 Å². The van der Waals surface area contributed by atoms with E-state index in [1.165, 1.54) is 0 Å². The number of amides is 2. The summed E-state index contributed by atoms with van der Waals surface area (Å²) >= 11 is 0. The number of rotatable bonds is 4. The quantitative estimate of drug-likeness (QED) is 0.629. The highest BCUT2D eigenvalue weighted by atomic mass is 19.1. The van der Waals surface area contributed by atoms with Gasteiger partial charge in [-0.3, -0.25) is 14.9 Å². The van der Waals surface area contributed by atoms with Gasteiger partial charge >= 0.3 is 0 Å². The van der Waals surface area contributed by atoms with E-state index in [0.717, 1.165) is 0 Å². The third-order valence-corrected chi connectivity index (χ3v) is 3.01. The maximum atomic E-state index is 14.0. The van der Waals surface area contributed by atoms with Crippen LogP contribution in [0.4, 0.5) is 4.39 Å². The number of hydrogen-bond donors (Lipinski definition) is 3. The maximum absolute atomic E-state index is 14.0. The lowest BCUT2D eigenvalue weighted by Gasteiger charge is -2.22. The maximum Gasteiger partial charge on any atom is 0.265 e. The Morgan fingerprint density at radius 1 is 1.41 bits per heavy atom. The molecule has 1 aliphatic rings. The van der Waals surface area contributed by atoms with Crippen LogP contribution in [0.5, 0.6) is 0 Å². The topological polar surface area (TPSA) is 70.2 Å². The van der Waals surface area contributed by atoms with Gasteiger partial charge in [-0.2, -0.15) is 0 Å². The Kier molecular flexibility index (Phi) is 4.59. The summed E-state index contributed by atoms with van der Waals surface area (Å²) in [5.41, 5.74) is -1.95. The molecule has 0 bridgehead atoms.